The second-order valence-electron chi connectivity index (χ2n) is 16.8. The smallest absolute Gasteiger partial charge is 0.387 e. The summed E-state index contributed by atoms with van der Waals surface area (Å²) in [6.45, 7) is 4.80. The molecule has 1 amide bonds. The Hall–Kier alpha value is -0.760. The highest BCUT2D eigenvalue weighted by atomic mass is 31.2. The molecule has 0 spiro atoms. The van der Waals surface area contributed by atoms with E-state index in [2.05, 4.69) is 19.2 Å². The van der Waals surface area contributed by atoms with E-state index < -0.39 is 20.0 Å². The van der Waals surface area contributed by atoms with Crippen molar-refractivity contribution in [3.8, 4) is 0 Å². The molecule has 0 saturated heterocycles. The summed E-state index contributed by atoms with van der Waals surface area (Å²) in [6.07, 6.45) is 41.5. The van der Waals surface area contributed by atoms with Gasteiger partial charge in [0.25, 0.3) is 0 Å². The Bertz CT molecular complexity index is 880. The van der Waals surface area contributed by atoms with Crippen molar-refractivity contribution in [1.82, 2.24) is 5.32 Å². The van der Waals surface area contributed by atoms with Gasteiger partial charge in [0.05, 0.1) is 39.9 Å². The van der Waals surface area contributed by atoms with Crippen LogP contribution in [-0.2, 0) is 18.4 Å². The van der Waals surface area contributed by atoms with Gasteiger partial charge >= 0.3 is 7.82 Å². The topological polar surface area (TPSA) is 105 Å². The molecule has 0 aromatic rings. The van der Waals surface area contributed by atoms with E-state index in [0.717, 1.165) is 32.1 Å². The third-order valence-electron chi connectivity index (χ3n) is 10.3. The van der Waals surface area contributed by atoms with E-state index in [1.54, 1.807) is 6.08 Å². The van der Waals surface area contributed by atoms with Crippen molar-refractivity contribution in [3.05, 3.63) is 12.2 Å². The Morgan fingerprint density at radius 1 is 0.623 bits per heavy atom. The lowest BCUT2D eigenvalue weighted by molar-refractivity contribution is -0.870. The van der Waals surface area contributed by atoms with Crippen LogP contribution in [-0.4, -0.2) is 73.4 Å². The van der Waals surface area contributed by atoms with Gasteiger partial charge in [-0.05, 0) is 19.3 Å². The first-order valence-electron chi connectivity index (χ1n) is 22.6. The van der Waals surface area contributed by atoms with Crippen LogP contribution in [0.25, 0.3) is 0 Å². The van der Waals surface area contributed by atoms with Crippen molar-refractivity contribution < 1.29 is 32.9 Å². The van der Waals surface area contributed by atoms with Gasteiger partial charge < -0.3 is 19.8 Å². The van der Waals surface area contributed by atoms with Crippen LogP contribution in [0.1, 0.15) is 213 Å². The molecule has 0 aliphatic carbocycles. The number of phosphoric acid groups is 1. The highest BCUT2D eigenvalue weighted by Crippen LogP contribution is 2.43. The summed E-state index contributed by atoms with van der Waals surface area (Å²) >= 11 is 0. The molecular weight excluding hydrogens is 683 g/mol. The van der Waals surface area contributed by atoms with Gasteiger partial charge in [-0.1, -0.05) is 199 Å². The number of carbonyl (C=O) groups is 1. The summed E-state index contributed by atoms with van der Waals surface area (Å²) in [5, 5.41) is 13.8. The minimum absolute atomic E-state index is 0.0643. The van der Waals surface area contributed by atoms with Gasteiger partial charge in [0, 0.05) is 6.42 Å². The van der Waals surface area contributed by atoms with Crippen molar-refractivity contribution in [2.24, 2.45) is 0 Å². The molecule has 3 atom stereocenters. The van der Waals surface area contributed by atoms with E-state index in [-0.39, 0.29) is 19.1 Å². The SMILES string of the molecule is CCCCCCCCCCCCCCCCCCCCCC/C=C/C(O)C(COP(=O)(O)OCC[N+](C)(C)C)NC(=O)CCCCCCCCCCC. The van der Waals surface area contributed by atoms with Crippen LogP contribution in [0.2, 0.25) is 0 Å². The monoisotopic (exact) mass is 774 g/mol. The first-order valence-corrected chi connectivity index (χ1v) is 24.1. The molecule has 0 bridgehead atoms. The van der Waals surface area contributed by atoms with Crippen LogP contribution < -0.4 is 5.32 Å². The van der Waals surface area contributed by atoms with Gasteiger partial charge in [-0.2, -0.15) is 0 Å². The van der Waals surface area contributed by atoms with Crippen LogP contribution in [0.5, 0.6) is 0 Å². The first kappa shape index (κ1) is 52.2. The number of carbonyl (C=O) groups excluding carboxylic acids is 1. The fourth-order valence-electron chi connectivity index (χ4n) is 6.63. The molecule has 0 aromatic heterocycles. The summed E-state index contributed by atoms with van der Waals surface area (Å²) in [5.41, 5.74) is 0. The fourth-order valence-corrected chi connectivity index (χ4v) is 7.37. The molecule has 0 saturated carbocycles. The Labute approximate surface area is 329 Å². The number of unbranched alkanes of at least 4 members (excludes halogenated alkanes) is 28. The van der Waals surface area contributed by atoms with Gasteiger partial charge in [-0.25, -0.2) is 4.57 Å². The normalized spacial score (nSPS) is 14.5. The standard InChI is InChI=1S/C44H89N2O6P/c1-6-8-10-12-14-16-17-18-19-20-21-22-23-24-25-26-27-28-30-31-33-35-37-43(47)42(41-52-53(49,50)51-40-39-46(3,4)5)45-44(48)38-36-34-32-29-15-13-11-9-7-2/h35,37,42-43,47H,6-34,36,38-41H2,1-5H3,(H-,45,48,49,50)/p+1/b37-35+. The number of phosphoric ester groups is 1. The lowest BCUT2D eigenvalue weighted by Gasteiger charge is -2.25. The van der Waals surface area contributed by atoms with E-state index in [9.17, 15) is 19.4 Å². The number of nitrogens with zero attached hydrogens (tertiary/aromatic N) is 1. The van der Waals surface area contributed by atoms with Gasteiger partial charge in [-0.15, -0.1) is 0 Å². The Balaban J connectivity index is 4.26. The van der Waals surface area contributed by atoms with Crippen molar-refractivity contribution >= 4 is 13.7 Å². The maximum absolute atomic E-state index is 12.8. The summed E-state index contributed by atoms with van der Waals surface area (Å²) < 4.78 is 23.5. The lowest BCUT2D eigenvalue weighted by Crippen LogP contribution is -2.45. The molecule has 3 unspecified atom stereocenters. The number of allylic oxidation sites excluding steroid dienone is 1. The van der Waals surface area contributed by atoms with Crippen molar-refractivity contribution in [2.75, 3.05) is 40.9 Å². The maximum atomic E-state index is 12.8. The molecule has 3 N–H and O–H groups in total. The van der Waals surface area contributed by atoms with E-state index in [0.29, 0.717) is 17.4 Å². The summed E-state index contributed by atoms with van der Waals surface area (Å²) in [4.78, 5) is 23.0. The molecule has 0 aliphatic rings. The van der Waals surface area contributed by atoms with Crippen LogP contribution in [0, 0.1) is 0 Å². The molecule has 0 aromatic carbocycles. The second-order valence-corrected chi connectivity index (χ2v) is 18.2. The number of aliphatic hydroxyl groups is 1. The largest absolute Gasteiger partial charge is 0.472 e. The molecular formula is C44H90N2O6P+. The molecule has 9 heteroatoms. The van der Waals surface area contributed by atoms with Gasteiger partial charge in [0.15, 0.2) is 0 Å². The zero-order chi connectivity index (χ0) is 39.3. The third-order valence-corrected chi connectivity index (χ3v) is 11.2. The maximum Gasteiger partial charge on any atom is 0.472 e. The Morgan fingerprint density at radius 3 is 1.40 bits per heavy atom. The van der Waals surface area contributed by atoms with Crippen LogP contribution in [0.4, 0.5) is 0 Å². The molecule has 0 aliphatic heterocycles. The number of quaternary nitrogens is 1. The van der Waals surface area contributed by atoms with Crippen LogP contribution in [0.3, 0.4) is 0 Å². The van der Waals surface area contributed by atoms with E-state index in [1.165, 1.54) is 161 Å². The predicted molar refractivity (Wildman–Crippen MR) is 226 cm³/mol. The van der Waals surface area contributed by atoms with Gasteiger partial charge in [0.1, 0.15) is 13.2 Å². The molecule has 8 nitrogen and oxygen atoms in total. The van der Waals surface area contributed by atoms with E-state index in [4.69, 9.17) is 9.05 Å². The number of hydrogen-bond donors (Lipinski definition) is 3. The zero-order valence-corrected chi connectivity index (χ0v) is 36.7. The van der Waals surface area contributed by atoms with E-state index in [1.807, 2.05) is 27.2 Å². The highest BCUT2D eigenvalue weighted by Gasteiger charge is 2.27. The predicted octanol–water partition coefficient (Wildman–Crippen LogP) is 12.4. The average Bonchev–Trinajstić information content (AvgIpc) is 3.10. The number of aliphatic hydroxyl groups excluding tert-OH is 1. The first-order chi connectivity index (χ1) is 25.5. The average molecular weight is 774 g/mol. The summed E-state index contributed by atoms with van der Waals surface area (Å²) in [7, 11) is 1.58. The molecule has 53 heavy (non-hydrogen) atoms. The third kappa shape index (κ3) is 39.3. The number of amides is 1. The van der Waals surface area contributed by atoms with Crippen LogP contribution >= 0.6 is 7.82 Å². The fraction of sp³-hybridized carbons (Fsp3) is 0.932. The minimum Gasteiger partial charge on any atom is -0.387 e. The number of nitrogens with one attached hydrogen (secondary N) is 1. The van der Waals surface area contributed by atoms with Crippen molar-refractivity contribution in [2.45, 2.75) is 225 Å². The number of rotatable bonds is 41. The molecule has 0 fully saturated rings. The van der Waals surface area contributed by atoms with Gasteiger partial charge in [-0.3, -0.25) is 13.8 Å². The zero-order valence-electron chi connectivity index (χ0n) is 35.8. The quantitative estimate of drug-likeness (QED) is 0.0247. The van der Waals surface area contributed by atoms with Crippen LogP contribution in [0.15, 0.2) is 12.2 Å². The molecule has 0 rings (SSSR count). The molecule has 316 valence electrons. The van der Waals surface area contributed by atoms with Crippen molar-refractivity contribution in [1.29, 1.82) is 0 Å². The lowest BCUT2D eigenvalue weighted by atomic mass is 10.0. The number of likely N-dealkylation sites (N-methyl/N-ethyl adjacent to an activating group) is 1. The summed E-state index contributed by atoms with van der Waals surface area (Å²) in [6, 6.07) is -0.838. The molecule has 0 heterocycles. The molecule has 0 radical (unpaired) electrons. The minimum atomic E-state index is -4.33. The highest BCUT2D eigenvalue weighted by molar-refractivity contribution is 7.47. The van der Waals surface area contributed by atoms with E-state index >= 15 is 0 Å². The Morgan fingerprint density at radius 2 is 1.00 bits per heavy atom. The summed E-state index contributed by atoms with van der Waals surface area (Å²) in [5.74, 6) is -0.179. The van der Waals surface area contributed by atoms with Crippen molar-refractivity contribution in [3.63, 3.8) is 0 Å². The second kappa shape index (κ2) is 36.9. The Kier molecular flexibility index (Phi) is 36.3. The number of hydrogen-bond acceptors (Lipinski definition) is 5. The van der Waals surface area contributed by atoms with Gasteiger partial charge in [0.2, 0.25) is 5.91 Å².